The largest absolute Gasteiger partial charge is 0.314 e. The third-order valence-corrected chi connectivity index (χ3v) is 4.49. The summed E-state index contributed by atoms with van der Waals surface area (Å²) in [4.78, 5) is 0. The van der Waals surface area contributed by atoms with Gasteiger partial charge in [-0.15, -0.1) is 0 Å². The summed E-state index contributed by atoms with van der Waals surface area (Å²) in [6, 6.07) is 9.83. The Hall–Kier alpha value is -0.820. The van der Waals surface area contributed by atoms with E-state index < -0.39 is 0 Å². The van der Waals surface area contributed by atoms with Gasteiger partial charge in [0.25, 0.3) is 0 Å². The first kappa shape index (κ1) is 14.6. The maximum absolute atomic E-state index is 3.63. The highest BCUT2D eigenvalue weighted by atomic mass is 14.9. The van der Waals surface area contributed by atoms with E-state index >= 15 is 0 Å². The highest BCUT2D eigenvalue weighted by Crippen LogP contribution is 2.38. The van der Waals surface area contributed by atoms with Crippen LogP contribution in [0.5, 0.6) is 0 Å². The Kier molecular flexibility index (Phi) is 5.91. The lowest BCUT2D eigenvalue weighted by molar-refractivity contribution is 0.414. The van der Waals surface area contributed by atoms with E-state index in [2.05, 4.69) is 43.4 Å². The quantitative estimate of drug-likeness (QED) is 0.715. The van der Waals surface area contributed by atoms with E-state index in [1.54, 1.807) is 11.1 Å². The molecule has 1 fully saturated rings. The molecule has 1 nitrogen and oxygen atoms in total. The van der Waals surface area contributed by atoms with E-state index in [9.17, 15) is 0 Å². The molecule has 1 aliphatic rings. The predicted octanol–water partition coefficient (Wildman–Crippen LogP) is 4.66. The molecule has 1 N–H and O–H groups in total. The molecule has 1 atom stereocenters. The van der Waals surface area contributed by atoms with Crippen molar-refractivity contribution in [1.82, 2.24) is 5.32 Å². The van der Waals surface area contributed by atoms with E-state index in [1.807, 2.05) is 0 Å². The van der Waals surface area contributed by atoms with Crippen molar-refractivity contribution < 1.29 is 0 Å². The Balaban J connectivity index is 1.94. The second kappa shape index (κ2) is 7.69. The third-order valence-electron chi connectivity index (χ3n) is 4.49. The van der Waals surface area contributed by atoms with Gasteiger partial charge in [-0.05, 0) is 55.7 Å². The predicted molar refractivity (Wildman–Crippen MR) is 83.7 cm³/mol. The normalized spacial score (nSPS) is 17.2. The van der Waals surface area contributed by atoms with Crippen LogP contribution < -0.4 is 5.32 Å². The smallest absolute Gasteiger partial charge is 0.00700 e. The van der Waals surface area contributed by atoms with Crippen molar-refractivity contribution in [1.29, 1.82) is 0 Å². The summed E-state index contributed by atoms with van der Waals surface area (Å²) in [7, 11) is 0. The zero-order chi connectivity index (χ0) is 13.5. The van der Waals surface area contributed by atoms with Crippen LogP contribution in [0.4, 0.5) is 0 Å². The van der Waals surface area contributed by atoms with Gasteiger partial charge < -0.3 is 5.32 Å². The molecule has 0 bridgehead atoms. The van der Waals surface area contributed by atoms with Gasteiger partial charge >= 0.3 is 0 Å². The first-order valence-electron chi connectivity index (χ1n) is 8.16. The van der Waals surface area contributed by atoms with E-state index in [1.165, 1.54) is 44.9 Å². The summed E-state index contributed by atoms with van der Waals surface area (Å²) in [6.07, 6.45) is 9.34. The van der Waals surface area contributed by atoms with Crippen LogP contribution in [0, 0.1) is 0 Å². The molecule has 0 heterocycles. The average molecular weight is 259 g/mol. The molecule has 0 saturated heterocycles. The van der Waals surface area contributed by atoms with Crippen LogP contribution in [0.2, 0.25) is 0 Å². The standard InChI is InChI=1S/C18H29N/c1-3-8-17(19-4-2)14-13-16-9-5-6-12-18(16)15-10-7-11-15/h5-6,9,12,15,17,19H,3-4,7-8,10-11,13-14H2,1-2H3. The van der Waals surface area contributed by atoms with Crippen LogP contribution in [0.3, 0.4) is 0 Å². The molecule has 1 aliphatic carbocycles. The monoisotopic (exact) mass is 259 g/mol. The van der Waals surface area contributed by atoms with Gasteiger partial charge in [-0.1, -0.05) is 51.0 Å². The highest BCUT2D eigenvalue weighted by Gasteiger charge is 2.21. The van der Waals surface area contributed by atoms with E-state index in [0.717, 1.165) is 12.5 Å². The molecule has 19 heavy (non-hydrogen) atoms. The van der Waals surface area contributed by atoms with Crippen LogP contribution in [0.15, 0.2) is 24.3 Å². The fraction of sp³-hybridized carbons (Fsp3) is 0.667. The fourth-order valence-corrected chi connectivity index (χ4v) is 3.19. The molecule has 0 amide bonds. The van der Waals surface area contributed by atoms with Crippen molar-refractivity contribution in [2.75, 3.05) is 6.54 Å². The molecular formula is C18H29N. The zero-order valence-electron chi connectivity index (χ0n) is 12.6. The zero-order valence-corrected chi connectivity index (χ0v) is 12.6. The van der Waals surface area contributed by atoms with Crippen LogP contribution in [0.25, 0.3) is 0 Å². The van der Waals surface area contributed by atoms with Crippen LogP contribution in [0.1, 0.15) is 69.4 Å². The maximum atomic E-state index is 3.63. The van der Waals surface area contributed by atoms with Crippen LogP contribution in [-0.2, 0) is 6.42 Å². The molecule has 1 aromatic carbocycles. The van der Waals surface area contributed by atoms with Crippen LogP contribution in [-0.4, -0.2) is 12.6 Å². The van der Waals surface area contributed by atoms with Gasteiger partial charge in [0, 0.05) is 6.04 Å². The minimum absolute atomic E-state index is 0.699. The average Bonchev–Trinajstić information content (AvgIpc) is 2.36. The van der Waals surface area contributed by atoms with E-state index in [0.29, 0.717) is 6.04 Å². The lowest BCUT2D eigenvalue weighted by Gasteiger charge is -2.28. The van der Waals surface area contributed by atoms with Crippen molar-refractivity contribution in [3.63, 3.8) is 0 Å². The molecule has 1 aromatic rings. The molecule has 1 heteroatoms. The summed E-state index contributed by atoms with van der Waals surface area (Å²) in [5.41, 5.74) is 3.24. The summed E-state index contributed by atoms with van der Waals surface area (Å²) < 4.78 is 0. The van der Waals surface area contributed by atoms with Crippen LogP contribution >= 0.6 is 0 Å². The van der Waals surface area contributed by atoms with Crippen molar-refractivity contribution in [2.24, 2.45) is 0 Å². The van der Waals surface area contributed by atoms with Gasteiger partial charge in [0.2, 0.25) is 0 Å². The second-order valence-electron chi connectivity index (χ2n) is 5.91. The number of benzene rings is 1. The third kappa shape index (κ3) is 4.07. The van der Waals surface area contributed by atoms with Gasteiger partial charge in [0.15, 0.2) is 0 Å². The Bertz CT molecular complexity index is 362. The SMILES string of the molecule is CCCC(CCc1ccccc1C1CCC1)NCC. The van der Waals surface area contributed by atoms with E-state index in [-0.39, 0.29) is 0 Å². The molecule has 0 spiro atoms. The van der Waals surface area contributed by atoms with Gasteiger partial charge in [-0.25, -0.2) is 0 Å². The minimum atomic E-state index is 0.699. The van der Waals surface area contributed by atoms with Crippen molar-refractivity contribution in [2.45, 2.75) is 70.8 Å². The van der Waals surface area contributed by atoms with Gasteiger partial charge in [0.05, 0.1) is 0 Å². The Morgan fingerprint density at radius 1 is 1.16 bits per heavy atom. The molecule has 106 valence electrons. The first-order chi connectivity index (χ1) is 9.35. The lowest BCUT2D eigenvalue weighted by Crippen LogP contribution is -2.29. The fourth-order valence-electron chi connectivity index (χ4n) is 3.19. The molecule has 0 aromatic heterocycles. The number of nitrogens with one attached hydrogen (secondary N) is 1. The van der Waals surface area contributed by atoms with Crippen molar-refractivity contribution >= 4 is 0 Å². The van der Waals surface area contributed by atoms with E-state index in [4.69, 9.17) is 0 Å². The number of aryl methyl sites for hydroxylation is 1. The molecule has 2 rings (SSSR count). The molecule has 1 unspecified atom stereocenters. The highest BCUT2D eigenvalue weighted by molar-refractivity contribution is 5.31. The number of hydrogen-bond donors (Lipinski definition) is 1. The first-order valence-corrected chi connectivity index (χ1v) is 8.16. The second-order valence-corrected chi connectivity index (χ2v) is 5.91. The van der Waals surface area contributed by atoms with Crippen molar-refractivity contribution in [3.8, 4) is 0 Å². The number of hydrogen-bond acceptors (Lipinski definition) is 1. The van der Waals surface area contributed by atoms with Crippen molar-refractivity contribution in [3.05, 3.63) is 35.4 Å². The molecular weight excluding hydrogens is 230 g/mol. The molecule has 0 radical (unpaired) electrons. The summed E-state index contributed by atoms with van der Waals surface area (Å²) in [5.74, 6) is 0.861. The Morgan fingerprint density at radius 3 is 2.58 bits per heavy atom. The topological polar surface area (TPSA) is 12.0 Å². The van der Waals surface area contributed by atoms with Gasteiger partial charge in [-0.2, -0.15) is 0 Å². The maximum Gasteiger partial charge on any atom is 0.00700 e. The molecule has 1 saturated carbocycles. The minimum Gasteiger partial charge on any atom is -0.314 e. The summed E-state index contributed by atoms with van der Waals surface area (Å²) >= 11 is 0. The molecule has 0 aliphatic heterocycles. The summed E-state index contributed by atoms with van der Waals surface area (Å²) in [6.45, 7) is 5.59. The van der Waals surface area contributed by atoms with Gasteiger partial charge in [0.1, 0.15) is 0 Å². The Labute approximate surface area is 118 Å². The van der Waals surface area contributed by atoms with Gasteiger partial charge in [-0.3, -0.25) is 0 Å². The summed E-state index contributed by atoms with van der Waals surface area (Å²) in [5, 5.41) is 3.63. The Morgan fingerprint density at radius 2 is 1.95 bits per heavy atom. The number of rotatable bonds is 8. The lowest BCUT2D eigenvalue weighted by atomic mass is 9.77.